The highest BCUT2D eigenvalue weighted by atomic mass is 79.9. The van der Waals surface area contributed by atoms with Crippen molar-refractivity contribution in [1.82, 2.24) is 0 Å². The fourth-order valence-corrected chi connectivity index (χ4v) is 5.05. The molecule has 0 N–H and O–H groups in total. The molecule has 2 fully saturated rings. The van der Waals surface area contributed by atoms with Gasteiger partial charge in [0.05, 0.1) is 4.47 Å². The van der Waals surface area contributed by atoms with E-state index >= 15 is 0 Å². The summed E-state index contributed by atoms with van der Waals surface area (Å²) in [6.07, 6.45) is 9.10. The van der Waals surface area contributed by atoms with E-state index in [1.54, 1.807) is 12.1 Å². The standard InChI is InChI=1S/C16H19Br2FO/c17-12-9-11(5-6-13(12)19)20-15-10-14(18)16(15)7-3-1-2-4-8-16/h5-6,9,14-15H,1-4,7-8,10H2. The van der Waals surface area contributed by atoms with E-state index < -0.39 is 0 Å². The summed E-state index contributed by atoms with van der Waals surface area (Å²) in [4.78, 5) is 0.571. The first-order chi connectivity index (χ1) is 9.62. The summed E-state index contributed by atoms with van der Waals surface area (Å²) in [5.41, 5.74) is 0.289. The summed E-state index contributed by atoms with van der Waals surface area (Å²) in [6.45, 7) is 0. The van der Waals surface area contributed by atoms with Gasteiger partial charge in [0.15, 0.2) is 0 Å². The van der Waals surface area contributed by atoms with Gasteiger partial charge in [-0.05, 0) is 53.4 Å². The van der Waals surface area contributed by atoms with Crippen LogP contribution in [0.2, 0.25) is 0 Å². The third-order valence-corrected chi connectivity index (χ3v) is 6.78. The zero-order chi connectivity index (χ0) is 14.2. The van der Waals surface area contributed by atoms with Crippen LogP contribution in [0.1, 0.15) is 44.9 Å². The highest BCUT2D eigenvalue weighted by molar-refractivity contribution is 9.10. The van der Waals surface area contributed by atoms with Gasteiger partial charge in [0.2, 0.25) is 0 Å². The fourth-order valence-electron chi connectivity index (χ4n) is 3.60. The van der Waals surface area contributed by atoms with Crippen molar-refractivity contribution in [1.29, 1.82) is 0 Å². The van der Waals surface area contributed by atoms with Crippen LogP contribution in [0, 0.1) is 11.2 Å². The van der Waals surface area contributed by atoms with Crippen molar-refractivity contribution in [3.8, 4) is 5.75 Å². The maximum atomic E-state index is 13.3. The number of ether oxygens (including phenoxy) is 1. The first-order valence-electron chi connectivity index (χ1n) is 7.37. The predicted octanol–water partition coefficient (Wildman–Crippen LogP) is 5.84. The van der Waals surface area contributed by atoms with Crippen molar-refractivity contribution in [2.24, 2.45) is 5.41 Å². The number of benzene rings is 1. The third kappa shape index (κ3) is 2.66. The summed E-state index contributed by atoms with van der Waals surface area (Å²) in [7, 11) is 0. The molecular weight excluding hydrogens is 387 g/mol. The van der Waals surface area contributed by atoms with Crippen molar-refractivity contribution < 1.29 is 9.13 Å². The van der Waals surface area contributed by atoms with Crippen molar-refractivity contribution in [3.05, 3.63) is 28.5 Å². The van der Waals surface area contributed by atoms with Crippen molar-refractivity contribution in [2.75, 3.05) is 0 Å². The molecule has 2 aliphatic carbocycles. The highest BCUT2D eigenvalue weighted by Crippen LogP contribution is 2.55. The van der Waals surface area contributed by atoms with Crippen LogP contribution in [-0.4, -0.2) is 10.9 Å². The number of hydrogen-bond acceptors (Lipinski definition) is 1. The predicted molar refractivity (Wildman–Crippen MR) is 86.0 cm³/mol. The summed E-state index contributed by atoms with van der Waals surface area (Å²) < 4.78 is 19.9. The Morgan fingerprint density at radius 2 is 1.85 bits per heavy atom. The van der Waals surface area contributed by atoms with E-state index in [4.69, 9.17) is 4.74 Å². The molecule has 1 aromatic rings. The molecule has 110 valence electrons. The molecule has 1 nitrogen and oxygen atoms in total. The zero-order valence-corrected chi connectivity index (χ0v) is 14.6. The van der Waals surface area contributed by atoms with E-state index in [9.17, 15) is 4.39 Å². The molecule has 2 unspecified atom stereocenters. The van der Waals surface area contributed by atoms with Gasteiger partial charge in [0.1, 0.15) is 17.7 Å². The maximum Gasteiger partial charge on any atom is 0.137 e. The molecular formula is C16H19Br2FO. The smallest absolute Gasteiger partial charge is 0.137 e. The molecule has 0 aromatic heterocycles. The minimum absolute atomic E-state index is 0.242. The fraction of sp³-hybridized carbons (Fsp3) is 0.625. The first-order valence-corrected chi connectivity index (χ1v) is 9.08. The molecule has 20 heavy (non-hydrogen) atoms. The first kappa shape index (κ1) is 14.8. The molecule has 0 aliphatic heterocycles. The maximum absolute atomic E-state index is 13.3. The molecule has 0 saturated heterocycles. The molecule has 1 aromatic carbocycles. The molecule has 0 radical (unpaired) electrons. The van der Waals surface area contributed by atoms with E-state index in [0.29, 0.717) is 9.30 Å². The summed E-state index contributed by atoms with van der Waals surface area (Å²) in [5.74, 6) is 0.528. The van der Waals surface area contributed by atoms with Crippen molar-refractivity contribution in [3.63, 3.8) is 0 Å². The largest absolute Gasteiger partial charge is 0.490 e. The molecule has 3 rings (SSSR count). The lowest BCUT2D eigenvalue weighted by molar-refractivity contribution is -0.0462. The van der Waals surface area contributed by atoms with Crippen LogP contribution in [0.3, 0.4) is 0 Å². The van der Waals surface area contributed by atoms with E-state index in [2.05, 4.69) is 31.9 Å². The van der Waals surface area contributed by atoms with Crippen LogP contribution in [0.25, 0.3) is 0 Å². The lowest BCUT2D eigenvalue weighted by Crippen LogP contribution is -2.56. The molecule has 2 atom stereocenters. The molecule has 0 bridgehead atoms. The summed E-state index contributed by atoms with van der Waals surface area (Å²) >= 11 is 7.07. The third-order valence-electron chi connectivity index (χ3n) is 4.89. The van der Waals surface area contributed by atoms with E-state index in [0.717, 1.165) is 12.2 Å². The quantitative estimate of drug-likeness (QED) is 0.561. The van der Waals surface area contributed by atoms with Crippen LogP contribution < -0.4 is 4.74 Å². The van der Waals surface area contributed by atoms with Gasteiger partial charge in [-0.1, -0.05) is 41.6 Å². The monoisotopic (exact) mass is 404 g/mol. The lowest BCUT2D eigenvalue weighted by Gasteiger charge is -2.53. The van der Waals surface area contributed by atoms with Crippen LogP contribution >= 0.6 is 31.9 Å². The lowest BCUT2D eigenvalue weighted by atomic mass is 9.61. The topological polar surface area (TPSA) is 9.23 Å². The van der Waals surface area contributed by atoms with Gasteiger partial charge in [-0.2, -0.15) is 0 Å². The Hall–Kier alpha value is -0.0900. The molecule has 2 saturated carbocycles. The molecule has 0 amide bonds. The van der Waals surface area contributed by atoms with Gasteiger partial charge in [-0.25, -0.2) is 4.39 Å². The minimum Gasteiger partial charge on any atom is -0.490 e. The number of halogens is 3. The van der Waals surface area contributed by atoms with Crippen LogP contribution in [0.5, 0.6) is 5.75 Å². The van der Waals surface area contributed by atoms with Gasteiger partial charge in [0, 0.05) is 10.2 Å². The van der Waals surface area contributed by atoms with Gasteiger partial charge < -0.3 is 4.74 Å². The highest BCUT2D eigenvalue weighted by Gasteiger charge is 2.54. The normalized spacial score (nSPS) is 28.8. The van der Waals surface area contributed by atoms with E-state index in [1.807, 2.05) is 0 Å². The Morgan fingerprint density at radius 1 is 1.15 bits per heavy atom. The Kier molecular flexibility index (Phi) is 4.42. The van der Waals surface area contributed by atoms with E-state index in [1.165, 1.54) is 44.6 Å². The van der Waals surface area contributed by atoms with Crippen LogP contribution in [0.4, 0.5) is 4.39 Å². The van der Waals surface area contributed by atoms with Gasteiger partial charge >= 0.3 is 0 Å². The van der Waals surface area contributed by atoms with Crippen LogP contribution in [-0.2, 0) is 0 Å². The number of hydrogen-bond donors (Lipinski definition) is 0. The van der Waals surface area contributed by atoms with E-state index in [-0.39, 0.29) is 17.3 Å². The molecule has 2 aliphatic rings. The van der Waals surface area contributed by atoms with Crippen molar-refractivity contribution >= 4 is 31.9 Å². The van der Waals surface area contributed by atoms with Crippen molar-refractivity contribution in [2.45, 2.75) is 55.9 Å². The van der Waals surface area contributed by atoms with Gasteiger partial charge in [-0.3, -0.25) is 0 Å². The average Bonchev–Trinajstić information content (AvgIpc) is 2.70. The molecule has 4 heteroatoms. The second kappa shape index (κ2) is 5.96. The average molecular weight is 406 g/mol. The minimum atomic E-state index is -0.242. The Balaban J connectivity index is 1.75. The number of rotatable bonds is 2. The van der Waals surface area contributed by atoms with Gasteiger partial charge in [0.25, 0.3) is 0 Å². The SMILES string of the molecule is Fc1ccc(OC2CC(Br)C23CCCCCC3)cc1Br. The molecule has 1 spiro atoms. The van der Waals surface area contributed by atoms with Crippen LogP contribution in [0.15, 0.2) is 22.7 Å². The summed E-state index contributed by atoms with van der Waals surface area (Å²) in [5, 5.41) is 0. The zero-order valence-electron chi connectivity index (χ0n) is 11.4. The number of alkyl halides is 1. The Labute approximate surface area is 136 Å². The molecule has 0 heterocycles. The second-order valence-corrected chi connectivity index (χ2v) is 7.99. The Morgan fingerprint density at radius 3 is 2.45 bits per heavy atom. The van der Waals surface area contributed by atoms with Gasteiger partial charge in [-0.15, -0.1) is 0 Å². The second-order valence-electron chi connectivity index (χ2n) is 6.03. The summed E-state index contributed by atoms with van der Waals surface area (Å²) in [6, 6.07) is 4.93. The Bertz CT molecular complexity index is 483.